The van der Waals surface area contributed by atoms with Gasteiger partial charge in [0.2, 0.25) is 5.91 Å². The molecule has 0 atom stereocenters. The average molecular weight is 519 g/mol. The van der Waals surface area contributed by atoms with Crippen LogP contribution >= 0.6 is 23.1 Å². The van der Waals surface area contributed by atoms with Gasteiger partial charge in [-0.3, -0.25) is 24.5 Å². The van der Waals surface area contributed by atoms with Crippen LogP contribution in [-0.4, -0.2) is 33.4 Å². The summed E-state index contributed by atoms with van der Waals surface area (Å²) >= 11 is 2.65. The van der Waals surface area contributed by atoms with E-state index in [4.69, 9.17) is 0 Å². The van der Waals surface area contributed by atoms with Crippen LogP contribution in [0.15, 0.2) is 58.9 Å². The van der Waals surface area contributed by atoms with Crippen molar-refractivity contribution < 1.29 is 19.3 Å². The molecule has 0 aliphatic carbocycles. The first-order valence-electron chi connectivity index (χ1n) is 10.8. The van der Waals surface area contributed by atoms with Crippen molar-refractivity contribution in [3.63, 3.8) is 0 Å². The summed E-state index contributed by atoms with van der Waals surface area (Å²) in [5.41, 5.74) is 3.78. The number of hydrogen-bond donors (Lipinski definition) is 1. The molecule has 0 saturated carbocycles. The largest absolute Gasteiger partial charge is 0.325 e. The van der Waals surface area contributed by atoms with E-state index in [9.17, 15) is 24.5 Å². The van der Waals surface area contributed by atoms with E-state index in [2.05, 4.69) is 10.3 Å². The number of amides is 3. The Morgan fingerprint density at radius 1 is 1.03 bits per heavy atom. The molecule has 3 aromatic carbocycles. The fourth-order valence-corrected chi connectivity index (χ4v) is 5.94. The van der Waals surface area contributed by atoms with Gasteiger partial charge in [0.05, 0.1) is 37.7 Å². The average Bonchev–Trinajstić information content (AvgIpc) is 3.34. The zero-order valence-corrected chi connectivity index (χ0v) is 20.7. The predicted octanol–water partition coefficient (Wildman–Crippen LogP) is 5.35. The van der Waals surface area contributed by atoms with Crippen LogP contribution in [0.25, 0.3) is 10.2 Å². The number of anilines is 2. The highest BCUT2D eigenvalue weighted by molar-refractivity contribution is 8.01. The van der Waals surface area contributed by atoms with E-state index in [0.29, 0.717) is 15.5 Å². The van der Waals surface area contributed by atoms with Gasteiger partial charge in [0.1, 0.15) is 0 Å². The third kappa shape index (κ3) is 4.45. The molecule has 1 aliphatic rings. The Morgan fingerprint density at radius 3 is 2.47 bits per heavy atom. The number of non-ortho nitro benzene ring substituents is 1. The fourth-order valence-electron chi connectivity index (χ4n) is 4.04. The lowest BCUT2D eigenvalue weighted by molar-refractivity contribution is -0.384. The normalized spacial score (nSPS) is 12.8. The smallest absolute Gasteiger partial charge is 0.270 e. The highest BCUT2D eigenvalue weighted by Crippen LogP contribution is 2.35. The molecule has 1 aliphatic heterocycles. The van der Waals surface area contributed by atoms with E-state index >= 15 is 0 Å². The number of nitro groups is 1. The van der Waals surface area contributed by atoms with Gasteiger partial charge in [-0.2, -0.15) is 0 Å². The van der Waals surface area contributed by atoms with Crippen molar-refractivity contribution in [1.82, 2.24) is 4.98 Å². The minimum atomic E-state index is -0.611. The summed E-state index contributed by atoms with van der Waals surface area (Å²) in [6.45, 7) is 3.94. The first-order valence-corrected chi connectivity index (χ1v) is 12.6. The lowest BCUT2D eigenvalue weighted by Crippen LogP contribution is -2.29. The van der Waals surface area contributed by atoms with E-state index in [-0.39, 0.29) is 28.5 Å². The summed E-state index contributed by atoms with van der Waals surface area (Å²) in [5, 5.41) is 14.0. The Hall–Kier alpha value is -4.09. The maximum Gasteiger partial charge on any atom is 0.270 e. The lowest BCUT2D eigenvalue weighted by Gasteiger charge is -2.13. The van der Waals surface area contributed by atoms with Crippen LogP contribution in [0.4, 0.5) is 17.1 Å². The molecule has 180 valence electrons. The van der Waals surface area contributed by atoms with Crippen LogP contribution in [0.2, 0.25) is 0 Å². The van der Waals surface area contributed by atoms with Crippen molar-refractivity contribution in [2.24, 2.45) is 0 Å². The number of carbonyl (C=O) groups is 3. The van der Waals surface area contributed by atoms with Gasteiger partial charge in [-0.15, -0.1) is 11.3 Å². The minimum absolute atomic E-state index is 0.00432. The number of nitro benzene ring substituents is 1. The molecule has 0 spiro atoms. The zero-order chi connectivity index (χ0) is 25.6. The number of thioether (sulfide) groups is 1. The van der Waals surface area contributed by atoms with Crippen LogP contribution in [0.3, 0.4) is 0 Å². The van der Waals surface area contributed by atoms with Gasteiger partial charge in [0.15, 0.2) is 4.34 Å². The number of aromatic nitrogens is 1. The molecule has 11 heteroatoms. The standard InChI is InChI=1S/C25H18N4O5S2/c1-13-7-14(2)9-15(8-13)26-22(30)12-35-25-27-20-6-4-16(11-21(20)36-25)28-23(31)18-5-3-17(29(33)34)10-19(18)24(28)32/h3-11H,12H2,1-2H3,(H,26,30). The molecule has 0 unspecified atom stereocenters. The van der Waals surface area contributed by atoms with Gasteiger partial charge in [0.25, 0.3) is 17.5 Å². The van der Waals surface area contributed by atoms with Crippen molar-refractivity contribution in [3.05, 3.63) is 87.0 Å². The van der Waals surface area contributed by atoms with E-state index in [1.165, 1.54) is 35.2 Å². The molecule has 2 heterocycles. The number of nitrogens with one attached hydrogen (secondary N) is 1. The Balaban J connectivity index is 1.32. The summed E-state index contributed by atoms with van der Waals surface area (Å²) in [4.78, 5) is 54.2. The topological polar surface area (TPSA) is 123 Å². The molecule has 0 saturated heterocycles. The minimum Gasteiger partial charge on any atom is -0.325 e. The zero-order valence-electron chi connectivity index (χ0n) is 19.1. The summed E-state index contributed by atoms with van der Waals surface area (Å²) in [6, 6.07) is 14.5. The van der Waals surface area contributed by atoms with Crippen molar-refractivity contribution >= 4 is 68.1 Å². The van der Waals surface area contributed by atoms with Crippen LogP contribution in [0, 0.1) is 24.0 Å². The fraction of sp³-hybridized carbons (Fsp3) is 0.120. The van der Waals surface area contributed by atoms with E-state index in [1.807, 2.05) is 32.0 Å². The van der Waals surface area contributed by atoms with Gasteiger partial charge < -0.3 is 5.32 Å². The van der Waals surface area contributed by atoms with Crippen LogP contribution in [0.1, 0.15) is 31.8 Å². The monoisotopic (exact) mass is 518 g/mol. The number of nitrogens with zero attached hydrogens (tertiary/aromatic N) is 3. The highest BCUT2D eigenvalue weighted by atomic mass is 32.2. The summed E-state index contributed by atoms with van der Waals surface area (Å²) in [5.74, 6) is -1.12. The maximum atomic E-state index is 12.9. The number of imide groups is 1. The number of rotatable bonds is 6. The van der Waals surface area contributed by atoms with Crippen molar-refractivity contribution in [1.29, 1.82) is 0 Å². The molecule has 1 N–H and O–H groups in total. The Bertz CT molecular complexity index is 1580. The van der Waals surface area contributed by atoms with Crippen molar-refractivity contribution in [3.8, 4) is 0 Å². The van der Waals surface area contributed by atoms with Crippen LogP contribution < -0.4 is 10.2 Å². The van der Waals surface area contributed by atoms with Gasteiger partial charge in [-0.25, -0.2) is 9.88 Å². The molecule has 5 rings (SSSR count). The van der Waals surface area contributed by atoms with Crippen molar-refractivity contribution in [2.45, 2.75) is 18.2 Å². The van der Waals surface area contributed by atoms with Crippen LogP contribution in [0.5, 0.6) is 0 Å². The first-order chi connectivity index (χ1) is 17.2. The molecule has 3 amide bonds. The predicted molar refractivity (Wildman–Crippen MR) is 139 cm³/mol. The highest BCUT2D eigenvalue weighted by Gasteiger charge is 2.38. The number of hydrogen-bond acceptors (Lipinski definition) is 8. The van der Waals surface area contributed by atoms with Gasteiger partial charge in [-0.05, 0) is 61.4 Å². The van der Waals surface area contributed by atoms with Gasteiger partial charge >= 0.3 is 0 Å². The number of aryl methyl sites for hydroxylation is 2. The number of carbonyl (C=O) groups excluding carboxylic acids is 3. The second-order valence-corrected chi connectivity index (χ2v) is 10.5. The third-order valence-corrected chi connectivity index (χ3v) is 7.68. The number of benzene rings is 3. The Labute approximate surface area is 213 Å². The molecule has 4 aromatic rings. The van der Waals surface area contributed by atoms with E-state index < -0.39 is 16.7 Å². The SMILES string of the molecule is Cc1cc(C)cc(NC(=O)CSc2nc3ccc(N4C(=O)c5ccc([N+](=O)[O-])cc5C4=O)cc3s2)c1. The van der Waals surface area contributed by atoms with E-state index in [0.717, 1.165) is 32.5 Å². The summed E-state index contributed by atoms with van der Waals surface area (Å²) in [7, 11) is 0. The summed E-state index contributed by atoms with van der Waals surface area (Å²) < 4.78 is 1.42. The Morgan fingerprint density at radius 2 is 1.75 bits per heavy atom. The molecular weight excluding hydrogens is 500 g/mol. The van der Waals surface area contributed by atoms with Gasteiger partial charge in [-0.1, -0.05) is 17.8 Å². The molecular formula is C25H18N4O5S2. The first kappa shape index (κ1) is 23.6. The molecule has 0 radical (unpaired) electrons. The van der Waals surface area contributed by atoms with E-state index in [1.54, 1.807) is 18.2 Å². The van der Waals surface area contributed by atoms with Gasteiger partial charge in [0, 0.05) is 17.8 Å². The molecule has 1 aromatic heterocycles. The number of fused-ring (bicyclic) bond motifs is 2. The third-order valence-electron chi connectivity index (χ3n) is 5.52. The molecule has 0 bridgehead atoms. The lowest BCUT2D eigenvalue weighted by atomic mass is 10.1. The van der Waals surface area contributed by atoms with Crippen molar-refractivity contribution in [2.75, 3.05) is 16.0 Å². The molecule has 0 fully saturated rings. The molecule has 9 nitrogen and oxygen atoms in total. The van der Waals surface area contributed by atoms with Crippen LogP contribution in [-0.2, 0) is 4.79 Å². The Kier molecular flexibility index (Phi) is 6.02. The quantitative estimate of drug-likeness (QED) is 0.158. The second kappa shape index (κ2) is 9.17. The maximum absolute atomic E-state index is 12.9. The molecule has 36 heavy (non-hydrogen) atoms. The number of thiazole rings is 1. The summed E-state index contributed by atoms with van der Waals surface area (Å²) in [6.07, 6.45) is 0. The second-order valence-electron chi connectivity index (χ2n) is 8.28.